The van der Waals surface area contributed by atoms with E-state index in [9.17, 15) is 4.79 Å². The molecular weight excluding hydrogens is 274 g/mol. The van der Waals surface area contributed by atoms with Gasteiger partial charge in [0.2, 0.25) is 5.91 Å². The number of pyridine rings is 1. The summed E-state index contributed by atoms with van der Waals surface area (Å²) < 4.78 is 0. The molecule has 2 rings (SSSR count). The van der Waals surface area contributed by atoms with Crippen LogP contribution in [0.1, 0.15) is 52.1 Å². The van der Waals surface area contributed by atoms with Crippen molar-refractivity contribution in [2.45, 2.75) is 52.6 Å². The highest BCUT2D eigenvalue weighted by molar-refractivity contribution is 5.78. The monoisotopic (exact) mass is 303 g/mol. The van der Waals surface area contributed by atoms with Crippen LogP contribution in [-0.4, -0.2) is 34.9 Å². The van der Waals surface area contributed by atoms with Gasteiger partial charge in [-0.1, -0.05) is 27.2 Å². The number of aromatic nitrogens is 1. The second kappa shape index (κ2) is 7.73. The highest BCUT2D eigenvalue weighted by Gasteiger charge is 2.31. The first-order valence-corrected chi connectivity index (χ1v) is 8.47. The van der Waals surface area contributed by atoms with Gasteiger partial charge in [-0.05, 0) is 37.0 Å². The molecule has 0 aliphatic carbocycles. The molecule has 2 heterocycles. The van der Waals surface area contributed by atoms with Crippen LogP contribution in [0.5, 0.6) is 0 Å². The summed E-state index contributed by atoms with van der Waals surface area (Å²) in [5, 5.41) is 3.76. The van der Waals surface area contributed by atoms with Crippen molar-refractivity contribution < 1.29 is 4.79 Å². The van der Waals surface area contributed by atoms with E-state index in [4.69, 9.17) is 0 Å². The minimum absolute atomic E-state index is 0.0951. The van der Waals surface area contributed by atoms with E-state index in [1.54, 1.807) is 0 Å². The van der Waals surface area contributed by atoms with Crippen LogP contribution >= 0.6 is 0 Å². The second-order valence-electron chi connectivity index (χ2n) is 6.67. The van der Waals surface area contributed by atoms with Gasteiger partial charge in [0.15, 0.2) is 0 Å². The molecule has 1 aliphatic rings. The molecule has 1 aromatic heterocycles. The molecule has 0 aromatic carbocycles. The Balaban J connectivity index is 1.96. The fourth-order valence-corrected chi connectivity index (χ4v) is 3.30. The SMILES string of the molecule is CC[C@@H]1CN(C(=O)C(C)C)CC[C@H]1N[C@H](C)c1ccncc1. The van der Waals surface area contributed by atoms with Crippen molar-refractivity contribution in [2.75, 3.05) is 13.1 Å². The first kappa shape index (κ1) is 16.9. The molecular formula is C18H29N3O. The van der Waals surface area contributed by atoms with Crippen molar-refractivity contribution in [3.05, 3.63) is 30.1 Å². The standard InChI is InChI=1S/C18H29N3O/c1-5-15-12-21(18(22)13(2)3)11-8-17(15)20-14(4)16-6-9-19-10-7-16/h6-7,9-10,13-15,17,20H,5,8,11-12H2,1-4H3/t14-,15-,17-/m1/s1. The number of rotatable bonds is 5. The van der Waals surface area contributed by atoms with Crippen molar-refractivity contribution in [1.82, 2.24) is 15.2 Å². The van der Waals surface area contributed by atoms with Crippen LogP contribution in [0.25, 0.3) is 0 Å². The maximum Gasteiger partial charge on any atom is 0.225 e. The summed E-state index contributed by atoms with van der Waals surface area (Å²) in [5.74, 6) is 0.914. The Morgan fingerprint density at radius 3 is 2.64 bits per heavy atom. The van der Waals surface area contributed by atoms with E-state index in [0.717, 1.165) is 25.9 Å². The van der Waals surface area contributed by atoms with Gasteiger partial charge in [0.25, 0.3) is 0 Å². The molecule has 1 N–H and O–H groups in total. The van der Waals surface area contributed by atoms with Gasteiger partial charge in [0.1, 0.15) is 0 Å². The van der Waals surface area contributed by atoms with Gasteiger partial charge in [-0.2, -0.15) is 0 Å². The number of carbonyl (C=O) groups is 1. The molecule has 0 unspecified atom stereocenters. The minimum Gasteiger partial charge on any atom is -0.342 e. The van der Waals surface area contributed by atoms with E-state index in [-0.39, 0.29) is 5.92 Å². The topological polar surface area (TPSA) is 45.2 Å². The fraction of sp³-hybridized carbons (Fsp3) is 0.667. The molecule has 0 bridgehead atoms. The van der Waals surface area contributed by atoms with Gasteiger partial charge >= 0.3 is 0 Å². The summed E-state index contributed by atoms with van der Waals surface area (Å²) in [4.78, 5) is 18.3. The van der Waals surface area contributed by atoms with Crippen molar-refractivity contribution in [3.63, 3.8) is 0 Å². The van der Waals surface area contributed by atoms with E-state index in [1.807, 2.05) is 31.1 Å². The maximum absolute atomic E-state index is 12.2. The molecule has 0 saturated carbocycles. The first-order valence-electron chi connectivity index (χ1n) is 8.47. The zero-order valence-electron chi connectivity index (χ0n) is 14.2. The third kappa shape index (κ3) is 4.07. The van der Waals surface area contributed by atoms with Gasteiger partial charge in [0.05, 0.1) is 0 Å². The van der Waals surface area contributed by atoms with Crippen molar-refractivity contribution in [1.29, 1.82) is 0 Å². The quantitative estimate of drug-likeness (QED) is 0.909. The molecule has 22 heavy (non-hydrogen) atoms. The lowest BCUT2D eigenvalue weighted by Crippen LogP contribution is -2.52. The maximum atomic E-state index is 12.2. The molecule has 4 heteroatoms. The van der Waals surface area contributed by atoms with E-state index in [0.29, 0.717) is 23.9 Å². The lowest BCUT2D eigenvalue weighted by molar-refractivity contribution is -0.136. The van der Waals surface area contributed by atoms with Crippen LogP contribution in [0.3, 0.4) is 0 Å². The predicted octanol–water partition coefficient (Wildman–Crippen LogP) is 3.02. The summed E-state index contributed by atoms with van der Waals surface area (Å²) in [7, 11) is 0. The van der Waals surface area contributed by atoms with Crippen molar-refractivity contribution >= 4 is 5.91 Å². The zero-order chi connectivity index (χ0) is 16.1. The number of hydrogen-bond donors (Lipinski definition) is 1. The molecule has 1 amide bonds. The molecule has 4 nitrogen and oxygen atoms in total. The van der Waals surface area contributed by atoms with Crippen LogP contribution in [0.4, 0.5) is 0 Å². The number of likely N-dealkylation sites (tertiary alicyclic amines) is 1. The Bertz CT molecular complexity index is 474. The Kier molecular flexibility index (Phi) is 5.95. The summed E-state index contributed by atoms with van der Waals surface area (Å²) in [6.45, 7) is 10.1. The Morgan fingerprint density at radius 1 is 1.36 bits per heavy atom. The molecule has 1 aromatic rings. The lowest BCUT2D eigenvalue weighted by Gasteiger charge is -2.40. The smallest absolute Gasteiger partial charge is 0.225 e. The van der Waals surface area contributed by atoms with Crippen LogP contribution in [-0.2, 0) is 4.79 Å². The van der Waals surface area contributed by atoms with Gasteiger partial charge in [-0.3, -0.25) is 9.78 Å². The average molecular weight is 303 g/mol. The lowest BCUT2D eigenvalue weighted by atomic mass is 9.88. The fourth-order valence-electron chi connectivity index (χ4n) is 3.30. The van der Waals surface area contributed by atoms with Gasteiger partial charge < -0.3 is 10.2 Å². The third-order valence-electron chi connectivity index (χ3n) is 4.73. The number of nitrogens with zero attached hydrogens (tertiary/aromatic N) is 2. The Morgan fingerprint density at radius 2 is 2.05 bits per heavy atom. The molecule has 0 spiro atoms. The predicted molar refractivity (Wildman–Crippen MR) is 89.4 cm³/mol. The zero-order valence-corrected chi connectivity index (χ0v) is 14.2. The molecule has 0 radical (unpaired) electrons. The molecule has 1 saturated heterocycles. The average Bonchev–Trinajstić information content (AvgIpc) is 2.55. The van der Waals surface area contributed by atoms with Gasteiger partial charge in [0, 0.05) is 43.5 Å². The number of carbonyl (C=O) groups excluding carboxylic acids is 1. The normalized spacial score (nSPS) is 23.6. The highest BCUT2D eigenvalue weighted by Crippen LogP contribution is 2.24. The molecule has 1 aliphatic heterocycles. The van der Waals surface area contributed by atoms with Crippen LogP contribution in [0.15, 0.2) is 24.5 Å². The van der Waals surface area contributed by atoms with Crippen molar-refractivity contribution in [3.8, 4) is 0 Å². The molecule has 1 fully saturated rings. The Labute approximate surface area is 134 Å². The largest absolute Gasteiger partial charge is 0.342 e. The van der Waals surface area contributed by atoms with Crippen LogP contribution in [0, 0.1) is 11.8 Å². The number of piperidine rings is 1. The first-order chi connectivity index (χ1) is 10.5. The van der Waals surface area contributed by atoms with E-state index in [2.05, 4.69) is 36.3 Å². The minimum atomic E-state index is 0.0951. The summed E-state index contributed by atoms with van der Waals surface area (Å²) in [6.07, 6.45) is 5.82. The van der Waals surface area contributed by atoms with E-state index >= 15 is 0 Å². The number of hydrogen-bond acceptors (Lipinski definition) is 3. The Hall–Kier alpha value is -1.42. The van der Waals surface area contributed by atoms with E-state index in [1.165, 1.54) is 5.56 Å². The number of nitrogens with one attached hydrogen (secondary N) is 1. The summed E-state index contributed by atoms with van der Waals surface area (Å²) in [5.41, 5.74) is 1.27. The summed E-state index contributed by atoms with van der Waals surface area (Å²) in [6, 6.07) is 4.92. The van der Waals surface area contributed by atoms with Crippen LogP contribution in [0.2, 0.25) is 0 Å². The van der Waals surface area contributed by atoms with Crippen molar-refractivity contribution in [2.24, 2.45) is 11.8 Å². The highest BCUT2D eigenvalue weighted by atomic mass is 16.2. The third-order valence-corrected chi connectivity index (χ3v) is 4.73. The summed E-state index contributed by atoms with van der Waals surface area (Å²) >= 11 is 0. The van der Waals surface area contributed by atoms with E-state index < -0.39 is 0 Å². The van der Waals surface area contributed by atoms with Gasteiger partial charge in [-0.25, -0.2) is 0 Å². The number of amides is 1. The molecule has 3 atom stereocenters. The molecule has 122 valence electrons. The van der Waals surface area contributed by atoms with Crippen LogP contribution < -0.4 is 5.32 Å². The second-order valence-corrected chi connectivity index (χ2v) is 6.67. The van der Waals surface area contributed by atoms with Gasteiger partial charge in [-0.15, -0.1) is 0 Å².